The van der Waals surface area contributed by atoms with Crippen molar-refractivity contribution in [1.82, 2.24) is 5.06 Å². The molecule has 0 unspecified atom stereocenters. The third-order valence-electron chi connectivity index (χ3n) is 3.90. The molecule has 2 rings (SSSR count). The Labute approximate surface area is 116 Å². The lowest BCUT2D eigenvalue weighted by Gasteiger charge is -2.30. The zero-order valence-electron chi connectivity index (χ0n) is 11.8. The van der Waals surface area contributed by atoms with E-state index >= 15 is 0 Å². The second-order valence-corrected chi connectivity index (χ2v) is 5.60. The van der Waals surface area contributed by atoms with E-state index < -0.39 is 22.8 Å². The van der Waals surface area contributed by atoms with Crippen LogP contribution in [0.1, 0.15) is 33.3 Å². The molecule has 0 radical (unpaired) electrons. The van der Waals surface area contributed by atoms with Crippen molar-refractivity contribution in [3.63, 3.8) is 0 Å². The van der Waals surface area contributed by atoms with Gasteiger partial charge in [0.1, 0.15) is 11.4 Å². The standard InChI is InChI=1S/C14H17FN2O3/c1-9(18)14(4)16(19)12(13(2,3)17(14)20)10-5-7-11(15)8-6-10/h5-8,20H,1-4H3/t14-/m1/s1. The highest BCUT2D eigenvalue weighted by atomic mass is 19.1. The highest BCUT2D eigenvalue weighted by Crippen LogP contribution is 2.35. The number of Topliss-reactive ketones (excluding diaryl/α,β-unsaturated/α-hetero) is 1. The molecule has 0 saturated carbocycles. The number of benzene rings is 1. The van der Waals surface area contributed by atoms with Gasteiger partial charge in [-0.2, -0.15) is 4.74 Å². The van der Waals surface area contributed by atoms with Crippen LogP contribution in [0.15, 0.2) is 24.3 Å². The van der Waals surface area contributed by atoms with Gasteiger partial charge in [-0.25, -0.2) is 4.39 Å². The van der Waals surface area contributed by atoms with Crippen molar-refractivity contribution >= 4 is 11.5 Å². The second kappa shape index (κ2) is 4.36. The fourth-order valence-corrected chi connectivity index (χ4v) is 2.57. The summed E-state index contributed by atoms with van der Waals surface area (Å²) in [6.45, 7) is 5.87. The Balaban J connectivity index is 2.68. The van der Waals surface area contributed by atoms with Crippen molar-refractivity contribution in [3.8, 4) is 0 Å². The van der Waals surface area contributed by atoms with Crippen LogP contribution < -0.4 is 0 Å². The number of hydrogen-bond acceptors (Lipinski definition) is 4. The maximum Gasteiger partial charge on any atom is 0.307 e. The Bertz CT molecular complexity index is 595. The van der Waals surface area contributed by atoms with Gasteiger partial charge in [0.05, 0.1) is 0 Å². The summed E-state index contributed by atoms with van der Waals surface area (Å²) in [5.74, 6) is -0.891. The number of nitrogens with zero attached hydrogens (tertiary/aromatic N) is 2. The van der Waals surface area contributed by atoms with E-state index in [1.165, 1.54) is 38.1 Å². The van der Waals surface area contributed by atoms with Crippen LogP contribution in [-0.2, 0) is 4.79 Å². The predicted molar refractivity (Wildman–Crippen MR) is 70.9 cm³/mol. The van der Waals surface area contributed by atoms with Gasteiger partial charge in [0.25, 0.3) is 0 Å². The summed E-state index contributed by atoms with van der Waals surface area (Å²) >= 11 is 0. The first-order chi connectivity index (χ1) is 9.13. The molecule has 0 aromatic heterocycles. The van der Waals surface area contributed by atoms with E-state index in [0.717, 1.165) is 5.06 Å². The lowest BCUT2D eigenvalue weighted by atomic mass is 9.92. The molecule has 0 saturated heterocycles. The van der Waals surface area contributed by atoms with E-state index in [2.05, 4.69) is 0 Å². The third kappa shape index (κ3) is 1.76. The van der Waals surface area contributed by atoms with Crippen molar-refractivity contribution in [1.29, 1.82) is 0 Å². The van der Waals surface area contributed by atoms with Crippen LogP contribution in [0.3, 0.4) is 0 Å². The summed E-state index contributed by atoms with van der Waals surface area (Å²) in [7, 11) is 0. The number of carbonyl (C=O) groups excluding carboxylic acids is 1. The average molecular weight is 280 g/mol. The normalized spacial score (nSPS) is 26.1. The molecule has 1 aliphatic rings. The van der Waals surface area contributed by atoms with Crippen molar-refractivity contribution < 1.29 is 19.1 Å². The minimum absolute atomic E-state index is 0.220. The van der Waals surface area contributed by atoms with Gasteiger partial charge in [0.2, 0.25) is 11.5 Å². The summed E-state index contributed by atoms with van der Waals surface area (Å²) in [5, 5.41) is 23.6. The van der Waals surface area contributed by atoms with Gasteiger partial charge in [-0.05, 0) is 38.1 Å². The Morgan fingerprint density at radius 1 is 1.30 bits per heavy atom. The summed E-state index contributed by atoms with van der Waals surface area (Å²) in [6.07, 6.45) is 0. The number of hydrogen-bond donors (Lipinski definition) is 1. The van der Waals surface area contributed by atoms with Crippen LogP contribution in [0.25, 0.3) is 0 Å². The molecule has 20 heavy (non-hydrogen) atoms. The first-order valence-corrected chi connectivity index (χ1v) is 6.24. The highest BCUT2D eigenvalue weighted by molar-refractivity contribution is 6.06. The molecule has 1 atom stereocenters. The second-order valence-electron chi connectivity index (χ2n) is 5.60. The van der Waals surface area contributed by atoms with Crippen LogP contribution in [0, 0.1) is 11.0 Å². The van der Waals surface area contributed by atoms with Gasteiger partial charge in [-0.1, -0.05) is 0 Å². The molecule has 1 N–H and O–H groups in total. The SMILES string of the molecule is CC(=O)[C@@]1(C)N(O)C(C)(C)C(c2ccc(F)cc2)=[N+]1[O-]. The van der Waals surface area contributed by atoms with Gasteiger partial charge >= 0.3 is 5.66 Å². The molecule has 0 amide bonds. The molecule has 108 valence electrons. The van der Waals surface area contributed by atoms with Crippen LogP contribution in [0.5, 0.6) is 0 Å². The zero-order chi connectivity index (χ0) is 15.3. The molecule has 0 fully saturated rings. The van der Waals surface area contributed by atoms with Crippen molar-refractivity contribution in [2.75, 3.05) is 0 Å². The fraction of sp³-hybridized carbons (Fsp3) is 0.429. The molecular weight excluding hydrogens is 263 g/mol. The quantitative estimate of drug-likeness (QED) is 0.664. The lowest BCUT2D eigenvalue weighted by molar-refractivity contribution is -0.565. The molecule has 1 heterocycles. The number of halogens is 1. The van der Waals surface area contributed by atoms with Crippen LogP contribution >= 0.6 is 0 Å². The molecule has 1 aromatic carbocycles. The van der Waals surface area contributed by atoms with Gasteiger partial charge in [0, 0.05) is 19.4 Å². The summed E-state index contributed by atoms with van der Waals surface area (Å²) in [4.78, 5) is 11.8. The largest absolute Gasteiger partial charge is 0.622 e. The molecular formula is C14H17FN2O3. The molecule has 0 spiro atoms. The average Bonchev–Trinajstić information content (AvgIpc) is 2.51. The van der Waals surface area contributed by atoms with E-state index in [4.69, 9.17) is 0 Å². The molecule has 6 heteroatoms. The summed E-state index contributed by atoms with van der Waals surface area (Å²) < 4.78 is 13.5. The van der Waals surface area contributed by atoms with E-state index in [1.54, 1.807) is 13.8 Å². The van der Waals surface area contributed by atoms with Crippen LogP contribution in [-0.4, -0.2) is 37.7 Å². The monoisotopic (exact) mass is 280 g/mol. The van der Waals surface area contributed by atoms with E-state index in [0.29, 0.717) is 10.3 Å². The Kier molecular flexibility index (Phi) is 3.19. The van der Waals surface area contributed by atoms with Gasteiger partial charge in [-0.15, -0.1) is 5.06 Å². The zero-order valence-corrected chi connectivity index (χ0v) is 11.8. The third-order valence-corrected chi connectivity index (χ3v) is 3.90. The fourth-order valence-electron chi connectivity index (χ4n) is 2.57. The highest BCUT2D eigenvalue weighted by Gasteiger charge is 2.62. The van der Waals surface area contributed by atoms with Crippen molar-refractivity contribution in [2.24, 2.45) is 0 Å². The number of ketones is 1. The predicted octanol–water partition coefficient (Wildman–Crippen LogP) is 1.91. The maximum absolute atomic E-state index is 13.0. The molecule has 1 aromatic rings. The molecule has 0 bridgehead atoms. The first-order valence-electron chi connectivity index (χ1n) is 6.24. The Morgan fingerprint density at radius 3 is 2.20 bits per heavy atom. The van der Waals surface area contributed by atoms with Crippen LogP contribution in [0.2, 0.25) is 0 Å². The van der Waals surface area contributed by atoms with E-state index in [-0.39, 0.29) is 5.71 Å². The van der Waals surface area contributed by atoms with E-state index in [1.807, 2.05) is 0 Å². The topological polar surface area (TPSA) is 66.6 Å². The minimum Gasteiger partial charge on any atom is -0.622 e. The smallest absolute Gasteiger partial charge is 0.307 e. The molecule has 1 aliphatic heterocycles. The van der Waals surface area contributed by atoms with Crippen molar-refractivity contribution in [2.45, 2.75) is 38.9 Å². The number of hydroxylamine groups is 3. The van der Waals surface area contributed by atoms with Gasteiger partial charge < -0.3 is 10.4 Å². The number of carbonyl (C=O) groups is 1. The number of rotatable bonds is 2. The Morgan fingerprint density at radius 2 is 1.80 bits per heavy atom. The van der Waals surface area contributed by atoms with Crippen LogP contribution in [0.4, 0.5) is 4.39 Å². The first kappa shape index (κ1) is 14.6. The molecule has 5 nitrogen and oxygen atoms in total. The van der Waals surface area contributed by atoms with Gasteiger partial charge in [0.15, 0.2) is 0 Å². The van der Waals surface area contributed by atoms with Gasteiger partial charge in [-0.3, -0.25) is 4.79 Å². The summed E-state index contributed by atoms with van der Waals surface area (Å²) in [5.41, 5.74) is -2.07. The summed E-state index contributed by atoms with van der Waals surface area (Å²) in [6, 6.07) is 5.38. The molecule has 0 aliphatic carbocycles. The maximum atomic E-state index is 13.0. The minimum atomic E-state index is -1.69. The lowest BCUT2D eigenvalue weighted by Crippen LogP contribution is -2.57. The Hall–Kier alpha value is -1.79. The van der Waals surface area contributed by atoms with E-state index in [9.17, 15) is 19.6 Å². The van der Waals surface area contributed by atoms with Crippen molar-refractivity contribution in [3.05, 3.63) is 40.9 Å².